The van der Waals surface area contributed by atoms with Crippen molar-refractivity contribution >= 4 is 12.2 Å². The number of aromatic nitrogens is 2. The third-order valence-electron chi connectivity index (χ3n) is 2.95. The fraction of sp³-hybridized carbons (Fsp3) is 0.333. The molecule has 0 saturated heterocycles. The van der Waals surface area contributed by atoms with E-state index in [1.54, 1.807) is 0 Å². The highest BCUT2D eigenvalue weighted by Crippen LogP contribution is 2.22. The Hall–Kier alpha value is -1.48. The molecule has 1 aromatic carbocycles. The third-order valence-corrected chi connectivity index (χ3v) is 3.16. The summed E-state index contributed by atoms with van der Waals surface area (Å²) < 4.78 is 0.659. The Labute approximate surface area is 113 Å². The van der Waals surface area contributed by atoms with Crippen molar-refractivity contribution in [3.05, 3.63) is 45.9 Å². The maximum Gasteiger partial charge on any atom is 0.130 e. The van der Waals surface area contributed by atoms with Gasteiger partial charge >= 0.3 is 0 Å². The Bertz CT molecular complexity index is 614. The molecule has 2 aromatic rings. The first-order chi connectivity index (χ1) is 8.60. The second-order valence-electron chi connectivity index (χ2n) is 4.65. The highest BCUT2D eigenvalue weighted by Gasteiger charge is 2.04. The van der Waals surface area contributed by atoms with Crippen LogP contribution in [0.1, 0.15) is 30.3 Å². The summed E-state index contributed by atoms with van der Waals surface area (Å²) in [5, 5.41) is 0. The van der Waals surface area contributed by atoms with Crippen LogP contribution in [-0.2, 0) is 6.42 Å². The summed E-state index contributed by atoms with van der Waals surface area (Å²) in [4.78, 5) is 7.74. The molecule has 0 spiro atoms. The van der Waals surface area contributed by atoms with Gasteiger partial charge in [0.25, 0.3) is 0 Å². The van der Waals surface area contributed by atoms with E-state index in [4.69, 9.17) is 12.2 Å². The van der Waals surface area contributed by atoms with Gasteiger partial charge in [-0.3, -0.25) is 0 Å². The van der Waals surface area contributed by atoms with Crippen molar-refractivity contribution in [3.8, 4) is 11.3 Å². The zero-order valence-electron chi connectivity index (χ0n) is 11.1. The van der Waals surface area contributed by atoms with Crippen LogP contribution in [0.4, 0.5) is 0 Å². The van der Waals surface area contributed by atoms with E-state index in [2.05, 4.69) is 48.9 Å². The SMILES string of the molecule is CCCc1nc(=S)cc(-c2ccc(C)cc2C)[nH]1. The van der Waals surface area contributed by atoms with Gasteiger partial charge in [-0.15, -0.1) is 0 Å². The quantitative estimate of drug-likeness (QED) is 0.828. The molecule has 2 nitrogen and oxygen atoms in total. The minimum absolute atomic E-state index is 0.659. The van der Waals surface area contributed by atoms with Gasteiger partial charge in [-0.2, -0.15) is 0 Å². The molecule has 0 atom stereocenters. The fourth-order valence-corrected chi connectivity index (χ4v) is 2.35. The molecule has 3 heteroatoms. The van der Waals surface area contributed by atoms with E-state index < -0.39 is 0 Å². The molecule has 2 rings (SSSR count). The second kappa shape index (κ2) is 5.44. The van der Waals surface area contributed by atoms with Crippen LogP contribution in [0.2, 0.25) is 0 Å². The first-order valence-corrected chi connectivity index (χ1v) is 6.69. The number of nitrogens with one attached hydrogen (secondary N) is 1. The van der Waals surface area contributed by atoms with Crippen LogP contribution in [0, 0.1) is 18.5 Å². The van der Waals surface area contributed by atoms with Crippen LogP contribution in [0.3, 0.4) is 0 Å². The highest BCUT2D eigenvalue weighted by molar-refractivity contribution is 7.71. The van der Waals surface area contributed by atoms with Gasteiger partial charge in [0.15, 0.2) is 0 Å². The van der Waals surface area contributed by atoms with Crippen molar-refractivity contribution in [1.29, 1.82) is 0 Å². The monoisotopic (exact) mass is 258 g/mol. The molecule has 1 heterocycles. The highest BCUT2D eigenvalue weighted by atomic mass is 32.1. The first kappa shape index (κ1) is 13.0. The van der Waals surface area contributed by atoms with Crippen LogP contribution in [0.25, 0.3) is 11.3 Å². The molecule has 18 heavy (non-hydrogen) atoms. The van der Waals surface area contributed by atoms with Crippen LogP contribution in [0.15, 0.2) is 24.3 Å². The number of rotatable bonds is 3. The Morgan fingerprint density at radius 3 is 2.67 bits per heavy atom. The predicted molar refractivity (Wildman–Crippen MR) is 78.3 cm³/mol. The zero-order valence-corrected chi connectivity index (χ0v) is 11.9. The Balaban J connectivity index is 2.53. The van der Waals surface area contributed by atoms with E-state index in [9.17, 15) is 0 Å². The van der Waals surface area contributed by atoms with E-state index in [1.807, 2.05) is 6.07 Å². The second-order valence-corrected chi connectivity index (χ2v) is 5.07. The summed E-state index contributed by atoms with van der Waals surface area (Å²) in [6, 6.07) is 8.39. The largest absolute Gasteiger partial charge is 0.343 e. The van der Waals surface area contributed by atoms with Crippen molar-refractivity contribution in [2.75, 3.05) is 0 Å². The topological polar surface area (TPSA) is 28.7 Å². The van der Waals surface area contributed by atoms with Gasteiger partial charge < -0.3 is 4.98 Å². The number of nitrogens with zero attached hydrogens (tertiary/aromatic N) is 1. The van der Waals surface area contributed by atoms with E-state index in [-0.39, 0.29) is 0 Å². The number of H-pyrrole nitrogens is 1. The van der Waals surface area contributed by atoms with Gasteiger partial charge in [-0.25, -0.2) is 4.98 Å². The molecule has 0 aliphatic carbocycles. The maximum atomic E-state index is 5.24. The molecule has 0 unspecified atom stereocenters. The first-order valence-electron chi connectivity index (χ1n) is 6.28. The molecular formula is C15H18N2S. The minimum atomic E-state index is 0.659. The number of aryl methyl sites for hydroxylation is 3. The van der Waals surface area contributed by atoms with Crippen molar-refractivity contribution in [1.82, 2.24) is 9.97 Å². The average molecular weight is 258 g/mol. The number of aromatic amines is 1. The van der Waals surface area contributed by atoms with Crippen LogP contribution in [-0.4, -0.2) is 9.97 Å². The molecular weight excluding hydrogens is 240 g/mol. The van der Waals surface area contributed by atoms with Gasteiger partial charge in [0.2, 0.25) is 0 Å². The van der Waals surface area contributed by atoms with E-state index in [0.717, 1.165) is 24.4 Å². The smallest absolute Gasteiger partial charge is 0.130 e. The van der Waals surface area contributed by atoms with Crippen LogP contribution in [0.5, 0.6) is 0 Å². The van der Waals surface area contributed by atoms with Crippen molar-refractivity contribution in [2.45, 2.75) is 33.6 Å². The molecule has 0 amide bonds. The average Bonchev–Trinajstić information content (AvgIpc) is 2.28. The summed E-state index contributed by atoms with van der Waals surface area (Å²) in [5.74, 6) is 0.972. The summed E-state index contributed by atoms with van der Waals surface area (Å²) in [6.45, 7) is 6.37. The molecule has 0 bridgehead atoms. The molecule has 1 aromatic heterocycles. The molecule has 0 saturated carbocycles. The molecule has 0 fully saturated rings. The van der Waals surface area contributed by atoms with Gasteiger partial charge in [0.05, 0.1) is 0 Å². The van der Waals surface area contributed by atoms with Crippen LogP contribution >= 0.6 is 12.2 Å². The Morgan fingerprint density at radius 1 is 1.22 bits per heavy atom. The molecule has 1 N–H and O–H groups in total. The number of hydrogen-bond donors (Lipinski definition) is 1. The fourth-order valence-electron chi connectivity index (χ4n) is 2.12. The Morgan fingerprint density at radius 2 is 2.00 bits per heavy atom. The molecule has 0 aliphatic heterocycles. The molecule has 0 aliphatic rings. The van der Waals surface area contributed by atoms with Crippen LogP contribution < -0.4 is 0 Å². The minimum Gasteiger partial charge on any atom is -0.343 e. The maximum absolute atomic E-state index is 5.24. The molecule has 94 valence electrons. The lowest BCUT2D eigenvalue weighted by Crippen LogP contribution is -1.98. The van der Waals surface area contributed by atoms with Gasteiger partial charge in [0.1, 0.15) is 10.5 Å². The Kier molecular flexibility index (Phi) is 3.92. The number of hydrogen-bond acceptors (Lipinski definition) is 2. The summed E-state index contributed by atoms with van der Waals surface area (Å²) in [6.07, 6.45) is 2.00. The van der Waals surface area contributed by atoms with E-state index >= 15 is 0 Å². The number of benzene rings is 1. The summed E-state index contributed by atoms with van der Waals surface area (Å²) >= 11 is 5.24. The van der Waals surface area contributed by atoms with Crippen molar-refractivity contribution in [3.63, 3.8) is 0 Å². The normalized spacial score (nSPS) is 10.6. The lowest BCUT2D eigenvalue weighted by atomic mass is 10.0. The standard InChI is InChI=1S/C15H18N2S/c1-4-5-14-16-13(9-15(18)17-14)12-7-6-10(2)8-11(12)3/h6-9H,4-5H2,1-3H3,(H,16,17,18). The lowest BCUT2D eigenvalue weighted by Gasteiger charge is -2.09. The van der Waals surface area contributed by atoms with Crippen molar-refractivity contribution in [2.24, 2.45) is 0 Å². The van der Waals surface area contributed by atoms with E-state index in [1.165, 1.54) is 16.7 Å². The predicted octanol–water partition coefficient (Wildman–Crippen LogP) is 4.38. The zero-order chi connectivity index (χ0) is 13.1. The summed E-state index contributed by atoms with van der Waals surface area (Å²) in [7, 11) is 0. The lowest BCUT2D eigenvalue weighted by molar-refractivity contribution is 0.833. The van der Waals surface area contributed by atoms with Gasteiger partial charge in [0, 0.05) is 17.7 Å². The van der Waals surface area contributed by atoms with E-state index in [0.29, 0.717) is 4.64 Å². The van der Waals surface area contributed by atoms with Gasteiger partial charge in [-0.05, 0) is 31.9 Å². The van der Waals surface area contributed by atoms with Crippen molar-refractivity contribution < 1.29 is 0 Å². The summed E-state index contributed by atoms with van der Waals surface area (Å²) in [5.41, 5.74) is 4.80. The third kappa shape index (κ3) is 2.85. The molecule has 0 radical (unpaired) electrons. The van der Waals surface area contributed by atoms with Gasteiger partial charge in [-0.1, -0.05) is 42.9 Å².